The van der Waals surface area contributed by atoms with Gasteiger partial charge in [-0.25, -0.2) is 4.79 Å². The highest BCUT2D eigenvalue weighted by Gasteiger charge is 2.61. The number of unbranched alkanes of at least 4 members (excludes halogenated alkanes) is 1. The van der Waals surface area contributed by atoms with E-state index in [1.807, 2.05) is 13.0 Å². The lowest BCUT2D eigenvalue weighted by Gasteiger charge is -2.54. The molecule has 3 heterocycles. The number of methoxy groups -OCH3 is 3. The Bertz CT molecular complexity index is 2040. The number of hydrogen-bond acceptors (Lipinski definition) is 14. The number of fused-ring (bicyclic) bond motifs is 4. The van der Waals surface area contributed by atoms with Crippen molar-refractivity contribution in [3.63, 3.8) is 0 Å². The molecule has 1 amide bonds. The highest BCUT2D eigenvalue weighted by molar-refractivity contribution is 6.84. The Balaban J connectivity index is 2.03. The van der Waals surface area contributed by atoms with Gasteiger partial charge in [0.2, 0.25) is 5.79 Å². The van der Waals surface area contributed by atoms with Gasteiger partial charge in [-0.1, -0.05) is 134 Å². The molecule has 18 heteroatoms. The summed E-state index contributed by atoms with van der Waals surface area (Å²) in [5.74, 6) is -5.09. The van der Waals surface area contributed by atoms with Gasteiger partial charge in [0.05, 0.1) is 43.2 Å². The highest BCUT2D eigenvalue weighted by atomic mass is 28.5. The Morgan fingerprint density at radius 1 is 0.840 bits per heavy atom. The second-order valence-electron chi connectivity index (χ2n) is 27.8. The average Bonchev–Trinajstić information content (AvgIpc) is 3.44. The van der Waals surface area contributed by atoms with Crippen molar-refractivity contribution >= 4 is 37.3 Å². The van der Waals surface area contributed by atoms with E-state index in [0.29, 0.717) is 25.7 Å². The molecule has 0 aromatic carbocycles. The van der Waals surface area contributed by atoms with E-state index in [2.05, 4.69) is 134 Å². The fraction of sp³-hybridized carbons (Fsp3) is 0.873. The molecule has 16 atom stereocenters. The molecule has 0 radical (unpaired) electrons. The first-order chi connectivity index (χ1) is 37.7. The summed E-state index contributed by atoms with van der Waals surface area (Å²) >= 11 is 0. The molecule has 2 saturated heterocycles. The third kappa shape index (κ3) is 17.6. The SMILES string of the molecule is CC[C@@H]1/C=C(\C)C[C@H](C)C[C@H](OC)[C@H]2O[C@@](O)(C(O)C(=O)N[C@@H](CCC/C=C/CO)C(=O)O[C@H](/C(C)=C/[C@@H]3CC[C@@H](O[Si](C)(C)C(C)(C)C)[C@H](OC)C3)[C@H](C)[C@@H]3C[C@@H]1O[Si](C(C)C)(C(C)C)O[Si](C(C)C)(C(C)C)O3)[C@H](C)C[C@@H]2OC. The smallest absolute Gasteiger partial charge is 0.334 e. The van der Waals surface area contributed by atoms with Crippen LogP contribution in [0.3, 0.4) is 0 Å². The fourth-order valence-electron chi connectivity index (χ4n) is 13.3. The molecular formula is C63H117NO14Si3. The number of allylic oxidation sites excluding steroid dienone is 3. The first-order valence-corrected chi connectivity index (χ1v) is 38.1. The minimum absolute atomic E-state index is 0.0209. The number of nitrogens with one attached hydrogen (secondary N) is 1. The van der Waals surface area contributed by atoms with Gasteiger partial charge < -0.3 is 61.7 Å². The summed E-state index contributed by atoms with van der Waals surface area (Å²) in [5, 5.41) is 37.0. The lowest BCUT2D eigenvalue weighted by atomic mass is 9.81. The van der Waals surface area contributed by atoms with Crippen LogP contribution in [0.15, 0.2) is 35.5 Å². The number of cyclic esters (lactones) is 1. The van der Waals surface area contributed by atoms with Crippen molar-refractivity contribution in [2.45, 2.75) is 295 Å². The van der Waals surface area contributed by atoms with Crippen molar-refractivity contribution in [3.05, 3.63) is 35.5 Å². The minimum atomic E-state index is -3.22. The Labute approximate surface area is 494 Å². The summed E-state index contributed by atoms with van der Waals surface area (Å²) in [4.78, 5) is 30.1. The molecule has 81 heavy (non-hydrogen) atoms. The molecule has 4 aliphatic rings. The highest BCUT2D eigenvalue weighted by Crippen LogP contribution is 2.50. The molecule has 3 fully saturated rings. The van der Waals surface area contributed by atoms with Gasteiger partial charge in [0.1, 0.15) is 18.2 Å². The summed E-state index contributed by atoms with van der Waals surface area (Å²) < 4.78 is 62.7. The number of hydrogen-bond donors (Lipinski definition) is 4. The standard InChI is InChI=1S/C63H117NO14Si3/c1-23-49-33-43(10)32-44(11)34-55(71-19)58-56(72-20)36-46(13)63(69,74-58)59(66)60(67)64-50(28-26-24-25-27-31-65)61(68)73-57(45(12)35-48-29-30-51(54(37-48)70-18)75-79(21,22)62(15,16)17)47(14)52-38-53(49)77-81(41(6)7,42(8)9)78-80(76-52,39(2)3)40(4)5/h25,27,33,35,39-42,44,46-59,65-66,69H,23-24,26,28-32,34,36-38H2,1-22H3,(H,64,67)/b27-25+,43-33+,45-35+/t44-,46+,47+,48-,49+,50-,51+,52-,53-,54+,55-,56-,57+,58+,59?,63+/m0/s1. The summed E-state index contributed by atoms with van der Waals surface area (Å²) in [6, 6.07) is -1.25. The number of carbonyl (C=O) groups excluding carboxylic acids is 2. The fourth-order valence-corrected chi connectivity index (χ4v) is 26.1. The summed E-state index contributed by atoms with van der Waals surface area (Å²) in [6.45, 7) is 41.6. The predicted molar refractivity (Wildman–Crippen MR) is 330 cm³/mol. The van der Waals surface area contributed by atoms with Crippen LogP contribution >= 0.6 is 0 Å². The van der Waals surface area contributed by atoms with Crippen molar-refractivity contribution in [1.29, 1.82) is 0 Å². The number of ether oxygens (including phenoxy) is 5. The zero-order valence-electron chi connectivity index (χ0n) is 54.6. The minimum Gasteiger partial charge on any atom is -0.456 e. The molecule has 0 aromatic heterocycles. The molecule has 0 spiro atoms. The molecule has 1 saturated carbocycles. The van der Waals surface area contributed by atoms with Gasteiger partial charge >= 0.3 is 23.1 Å². The van der Waals surface area contributed by atoms with Crippen LogP contribution in [-0.4, -0.2) is 147 Å². The van der Waals surface area contributed by atoms with Crippen LogP contribution in [0.25, 0.3) is 0 Å². The first kappa shape index (κ1) is 71.8. The predicted octanol–water partition coefficient (Wildman–Crippen LogP) is 12.5. The molecule has 4 rings (SSSR count). The van der Waals surface area contributed by atoms with Gasteiger partial charge in [0.25, 0.3) is 5.91 Å². The van der Waals surface area contributed by atoms with Crippen molar-refractivity contribution < 1.29 is 66.0 Å². The van der Waals surface area contributed by atoms with E-state index >= 15 is 4.79 Å². The second kappa shape index (κ2) is 30.8. The second-order valence-corrected chi connectivity index (χ2v) is 41.3. The van der Waals surface area contributed by atoms with E-state index in [9.17, 15) is 20.1 Å². The van der Waals surface area contributed by atoms with Gasteiger partial charge in [-0.3, -0.25) is 4.79 Å². The van der Waals surface area contributed by atoms with Crippen molar-refractivity contribution in [2.24, 2.45) is 29.6 Å². The monoisotopic (exact) mass is 1200 g/mol. The van der Waals surface area contributed by atoms with Crippen LogP contribution < -0.4 is 5.32 Å². The van der Waals surface area contributed by atoms with Crippen LogP contribution in [0.4, 0.5) is 0 Å². The summed E-state index contributed by atoms with van der Waals surface area (Å²) in [7, 11) is -3.46. The van der Waals surface area contributed by atoms with E-state index in [1.165, 1.54) is 5.57 Å². The van der Waals surface area contributed by atoms with Crippen LogP contribution in [0.5, 0.6) is 0 Å². The Morgan fingerprint density at radius 3 is 1.94 bits per heavy atom. The zero-order valence-corrected chi connectivity index (χ0v) is 57.6. The Hall–Kier alpha value is -1.63. The number of esters is 1. The lowest BCUT2D eigenvalue weighted by molar-refractivity contribution is -0.345. The molecule has 1 unspecified atom stereocenters. The van der Waals surface area contributed by atoms with E-state index in [1.54, 1.807) is 34.3 Å². The third-order valence-electron chi connectivity index (χ3n) is 19.3. The number of amides is 1. The molecule has 1 aliphatic carbocycles. The quantitative estimate of drug-likeness (QED) is 0.0466. The van der Waals surface area contributed by atoms with Gasteiger partial charge in [0, 0.05) is 39.1 Å². The normalized spacial score (nSPS) is 36.4. The van der Waals surface area contributed by atoms with Crippen LogP contribution in [0, 0.1) is 29.6 Å². The van der Waals surface area contributed by atoms with Crippen LogP contribution in [0.2, 0.25) is 40.3 Å². The number of carbonyl (C=O) groups is 2. The third-order valence-corrected chi connectivity index (χ3v) is 34.2. The molecule has 0 aromatic rings. The molecular weight excluding hydrogens is 1080 g/mol. The number of aliphatic hydroxyl groups is 3. The molecule has 3 aliphatic heterocycles. The zero-order chi connectivity index (χ0) is 61.2. The molecule has 470 valence electrons. The van der Waals surface area contributed by atoms with Gasteiger partial charge in [-0.05, 0) is 142 Å². The van der Waals surface area contributed by atoms with E-state index < -0.39 is 97.6 Å². The van der Waals surface area contributed by atoms with Gasteiger partial charge in [-0.15, -0.1) is 0 Å². The van der Waals surface area contributed by atoms with Gasteiger partial charge in [0.15, 0.2) is 14.4 Å². The van der Waals surface area contributed by atoms with Crippen molar-refractivity contribution in [2.75, 3.05) is 27.9 Å². The summed E-state index contributed by atoms with van der Waals surface area (Å²) in [6.07, 6.45) is 8.59. The molecule has 15 nitrogen and oxygen atoms in total. The Morgan fingerprint density at radius 2 is 1.41 bits per heavy atom. The maximum Gasteiger partial charge on any atom is 0.334 e. The van der Waals surface area contributed by atoms with Crippen LogP contribution in [-0.2, 0) is 50.7 Å². The van der Waals surface area contributed by atoms with Crippen molar-refractivity contribution in [3.8, 4) is 0 Å². The molecule has 4 N–H and O–H groups in total. The average molecular weight is 1200 g/mol. The topological polar surface area (TPSA) is 190 Å². The van der Waals surface area contributed by atoms with Crippen LogP contribution in [0.1, 0.15) is 188 Å². The van der Waals surface area contributed by atoms with E-state index in [-0.39, 0.29) is 82.7 Å². The largest absolute Gasteiger partial charge is 0.456 e. The van der Waals surface area contributed by atoms with E-state index in [4.69, 9.17) is 41.1 Å². The number of rotatable bonds is 17. The maximum atomic E-state index is 15.4. The lowest BCUT2D eigenvalue weighted by Crippen LogP contribution is -2.66. The van der Waals surface area contributed by atoms with Crippen molar-refractivity contribution in [1.82, 2.24) is 5.32 Å². The van der Waals surface area contributed by atoms with Gasteiger partial charge in [-0.2, -0.15) is 0 Å². The summed E-state index contributed by atoms with van der Waals surface area (Å²) in [5.41, 5.74) is 2.36. The first-order valence-electron chi connectivity index (χ1n) is 31.2. The maximum absolute atomic E-state index is 15.4. The molecule has 4 bridgehead atoms. The van der Waals surface area contributed by atoms with E-state index in [0.717, 1.165) is 37.7 Å². The Kier molecular flexibility index (Phi) is 27.3. The number of aliphatic hydroxyl groups excluding tert-OH is 2.